The van der Waals surface area contributed by atoms with Crippen LogP contribution in [0.4, 0.5) is 0 Å². The Morgan fingerprint density at radius 2 is 1.91 bits per heavy atom. The molecule has 0 unspecified atom stereocenters. The van der Waals surface area contributed by atoms with E-state index in [1.165, 1.54) is 0 Å². The van der Waals surface area contributed by atoms with Crippen molar-refractivity contribution in [1.29, 1.82) is 0 Å². The normalized spacial score (nSPS) is 17.1. The van der Waals surface area contributed by atoms with Crippen molar-refractivity contribution in [2.24, 2.45) is 4.99 Å². The van der Waals surface area contributed by atoms with Gasteiger partial charge in [0.25, 0.3) is 0 Å². The van der Waals surface area contributed by atoms with E-state index in [0.717, 1.165) is 71.1 Å². The average molecular weight is 329 g/mol. The molecule has 136 valence electrons. The minimum Gasteiger partial charge on any atom is -0.385 e. The first kappa shape index (κ1) is 20.2. The Labute approximate surface area is 141 Å². The van der Waals surface area contributed by atoms with E-state index in [1.807, 2.05) is 7.05 Å². The molecule has 0 aromatic heterocycles. The smallest absolute Gasteiger partial charge is 0.193 e. The van der Waals surface area contributed by atoms with Gasteiger partial charge < -0.3 is 24.4 Å². The number of methoxy groups -OCH3 is 1. The molecule has 1 heterocycles. The number of hydrogen-bond acceptors (Lipinski definition) is 4. The van der Waals surface area contributed by atoms with E-state index in [4.69, 9.17) is 14.2 Å². The largest absolute Gasteiger partial charge is 0.385 e. The first-order chi connectivity index (χ1) is 11.2. The van der Waals surface area contributed by atoms with Crippen LogP contribution in [0.3, 0.4) is 0 Å². The fourth-order valence-electron chi connectivity index (χ4n) is 2.61. The standard InChI is InChI=1S/C17H35N3O3/c1-15(2)22-13-5-9-19-17(18-3)20-10-7-16(8-11-20)23-14-6-12-21-4/h15-16H,5-14H2,1-4H3,(H,18,19). The van der Waals surface area contributed by atoms with Crippen LogP contribution in [0.2, 0.25) is 0 Å². The summed E-state index contributed by atoms with van der Waals surface area (Å²) in [6.07, 6.45) is 4.76. The summed E-state index contributed by atoms with van der Waals surface area (Å²) in [5.74, 6) is 0.993. The van der Waals surface area contributed by atoms with E-state index in [0.29, 0.717) is 12.2 Å². The molecule has 6 nitrogen and oxygen atoms in total. The Hall–Kier alpha value is -0.850. The van der Waals surface area contributed by atoms with Crippen LogP contribution < -0.4 is 5.32 Å². The summed E-state index contributed by atoms with van der Waals surface area (Å²) in [5.41, 5.74) is 0. The number of guanidine groups is 1. The van der Waals surface area contributed by atoms with Gasteiger partial charge in [0.15, 0.2) is 5.96 Å². The summed E-state index contributed by atoms with van der Waals surface area (Å²) in [6, 6.07) is 0. The van der Waals surface area contributed by atoms with E-state index in [-0.39, 0.29) is 0 Å². The molecule has 0 bridgehead atoms. The zero-order valence-electron chi connectivity index (χ0n) is 15.3. The fraction of sp³-hybridized carbons (Fsp3) is 0.941. The Bertz CT molecular complexity index is 316. The molecule has 23 heavy (non-hydrogen) atoms. The minimum absolute atomic E-state index is 0.303. The van der Waals surface area contributed by atoms with Crippen LogP contribution in [-0.4, -0.2) is 76.7 Å². The Balaban J connectivity index is 2.15. The molecular weight excluding hydrogens is 294 g/mol. The second-order valence-corrected chi connectivity index (χ2v) is 6.15. The lowest BCUT2D eigenvalue weighted by Gasteiger charge is -2.34. The van der Waals surface area contributed by atoms with Crippen molar-refractivity contribution in [2.45, 2.75) is 51.7 Å². The molecule has 6 heteroatoms. The SMILES string of the molecule is CN=C(NCCCOC(C)C)N1CCC(OCCCOC)CC1. The quantitative estimate of drug-likeness (QED) is 0.377. The number of nitrogens with one attached hydrogen (secondary N) is 1. The topological polar surface area (TPSA) is 55.3 Å². The van der Waals surface area contributed by atoms with Crippen LogP contribution in [0.15, 0.2) is 4.99 Å². The zero-order chi connectivity index (χ0) is 16.9. The predicted molar refractivity (Wildman–Crippen MR) is 94.1 cm³/mol. The first-order valence-electron chi connectivity index (χ1n) is 8.85. The van der Waals surface area contributed by atoms with Gasteiger partial charge in [0.05, 0.1) is 12.2 Å². The highest BCUT2D eigenvalue weighted by Gasteiger charge is 2.21. The van der Waals surface area contributed by atoms with Gasteiger partial charge in [0.2, 0.25) is 0 Å². The molecule has 0 spiro atoms. The van der Waals surface area contributed by atoms with Gasteiger partial charge in [-0.2, -0.15) is 0 Å². The molecule has 0 saturated carbocycles. The molecule has 0 atom stereocenters. The number of piperidine rings is 1. The molecular formula is C17H35N3O3. The van der Waals surface area contributed by atoms with Gasteiger partial charge in [-0.1, -0.05) is 0 Å². The monoisotopic (exact) mass is 329 g/mol. The first-order valence-corrected chi connectivity index (χ1v) is 8.85. The van der Waals surface area contributed by atoms with Gasteiger partial charge in [-0.15, -0.1) is 0 Å². The molecule has 1 aliphatic heterocycles. The molecule has 0 radical (unpaired) electrons. The maximum Gasteiger partial charge on any atom is 0.193 e. The molecule has 1 rings (SSSR count). The lowest BCUT2D eigenvalue weighted by Crippen LogP contribution is -2.47. The van der Waals surface area contributed by atoms with E-state index in [2.05, 4.69) is 29.1 Å². The predicted octanol–water partition coefficient (Wildman–Crippen LogP) is 1.89. The van der Waals surface area contributed by atoms with Gasteiger partial charge in [-0.3, -0.25) is 4.99 Å². The molecule has 0 aromatic rings. The van der Waals surface area contributed by atoms with Crippen molar-refractivity contribution in [3.05, 3.63) is 0 Å². The van der Waals surface area contributed by atoms with Crippen molar-refractivity contribution in [2.75, 3.05) is 53.6 Å². The number of hydrogen-bond donors (Lipinski definition) is 1. The Kier molecular flexibility index (Phi) is 11.0. The lowest BCUT2D eigenvalue weighted by molar-refractivity contribution is 0.00989. The third-order valence-corrected chi connectivity index (χ3v) is 3.86. The molecule has 0 aliphatic carbocycles. The second kappa shape index (κ2) is 12.6. The zero-order valence-corrected chi connectivity index (χ0v) is 15.3. The molecule has 0 aromatic carbocycles. The third kappa shape index (κ3) is 9.13. The van der Waals surface area contributed by atoms with Gasteiger partial charge in [0, 0.05) is 53.6 Å². The number of nitrogens with zero attached hydrogens (tertiary/aromatic N) is 2. The van der Waals surface area contributed by atoms with Crippen molar-refractivity contribution in [3.8, 4) is 0 Å². The summed E-state index contributed by atoms with van der Waals surface area (Å²) >= 11 is 0. The summed E-state index contributed by atoms with van der Waals surface area (Å²) in [7, 11) is 3.58. The Morgan fingerprint density at radius 3 is 2.52 bits per heavy atom. The lowest BCUT2D eigenvalue weighted by atomic mass is 10.1. The second-order valence-electron chi connectivity index (χ2n) is 6.15. The van der Waals surface area contributed by atoms with Gasteiger partial charge >= 0.3 is 0 Å². The van der Waals surface area contributed by atoms with Gasteiger partial charge in [-0.05, 0) is 39.5 Å². The summed E-state index contributed by atoms with van der Waals surface area (Å²) in [4.78, 5) is 6.71. The maximum absolute atomic E-state index is 5.90. The van der Waals surface area contributed by atoms with E-state index >= 15 is 0 Å². The number of likely N-dealkylation sites (tertiary alicyclic amines) is 1. The summed E-state index contributed by atoms with van der Waals surface area (Å²) in [6.45, 7) is 9.37. The van der Waals surface area contributed by atoms with Crippen LogP contribution in [-0.2, 0) is 14.2 Å². The number of ether oxygens (including phenoxy) is 3. The highest BCUT2D eigenvalue weighted by molar-refractivity contribution is 5.79. The van der Waals surface area contributed by atoms with Crippen LogP contribution >= 0.6 is 0 Å². The molecule has 1 N–H and O–H groups in total. The van der Waals surface area contributed by atoms with E-state index < -0.39 is 0 Å². The molecule has 1 fully saturated rings. The van der Waals surface area contributed by atoms with Crippen molar-refractivity contribution in [1.82, 2.24) is 10.2 Å². The van der Waals surface area contributed by atoms with E-state index in [9.17, 15) is 0 Å². The fourth-order valence-corrected chi connectivity index (χ4v) is 2.61. The molecule has 1 saturated heterocycles. The van der Waals surface area contributed by atoms with Crippen LogP contribution in [0, 0.1) is 0 Å². The highest BCUT2D eigenvalue weighted by atomic mass is 16.5. The summed E-state index contributed by atoms with van der Waals surface area (Å²) < 4.78 is 16.5. The van der Waals surface area contributed by atoms with Crippen LogP contribution in [0.5, 0.6) is 0 Å². The average Bonchev–Trinajstić information content (AvgIpc) is 2.55. The van der Waals surface area contributed by atoms with Crippen LogP contribution in [0.1, 0.15) is 39.5 Å². The van der Waals surface area contributed by atoms with Crippen LogP contribution in [0.25, 0.3) is 0 Å². The Morgan fingerprint density at radius 1 is 1.17 bits per heavy atom. The van der Waals surface area contributed by atoms with Gasteiger partial charge in [-0.25, -0.2) is 0 Å². The third-order valence-electron chi connectivity index (χ3n) is 3.86. The summed E-state index contributed by atoms with van der Waals surface area (Å²) in [5, 5.41) is 3.43. The van der Waals surface area contributed by atoms with Crippen molar-refractivity contribution >= 4 is 5.96 Å². The number of aliphatic imine (C=N–C) groups is 1. The number of rotatable bonds is 10. The molecule has 0 amide bonds. The van der Waals surface area contributed by atoms with Crippen molar-refractivity contribution in [3.63, 3.8) is 0 Å². The minimum atomic E-state index is 0.303. The van der Waals surface area contributed by atoms with Crippen molar-refractivity contribution < 1.29 is 14.2 Å². The maximum atomic E-state index is 5.90. The molecule has 1 aliphatic rings. The van der Waals surface area contributed by atoms with Gasteiger partial charge in [0.1, 0.15) is 0 Å². The van der Waals surface area contributed by atoms with E-state index in [1.54, 1.807) is 7.11 Å². The highest BCUT2D eigenvalue weighted by Crippen LogP contribution is 2.14.